The van der Waals surface area contributed by atoms with Crippen molar-refractivity contribution >= 4 is 11.9 Å². The van der Waals surface area contributed by atoms with E-state index in [0.29, 0.717) is 18.4 Å². The van der Waals surface area contributed by atoms with Crippen LogP contribution < -0.4 is 10.6 Å². The first-order valence-electron chi connectivity index (χ1n) is 7.96. The number of benzene rings is 1. The van der Waals surface area contributed by atoms with Crippen molar-refractivity contribution in [2.24, 2.45) is 5.92 Å². The third-order valence-electron chi connectivity index (χ3n) is 4.83. The van der Waals surface area contributed by atoms with Gasteiger partial charge in [-0.3, -0.25) is 4.79 Å². The second-order valence-electron chi connectivity index (χ2n) is 6.34. The van der Waals surface area contributed by atoms with E-state index < -0.39 is 12.0 Å². The number of fused-ring (bicyclic) bond motifs is 1. The summed E-state index contributed by atoms with van der Waals surface area (Å²) in [5, 5.41) is 15.4. The van der Waals surface area contributed by atoms with Gasteiger partial charge in [-0.2, -0.15) is 0 Å². The molecule has 0 spiro atoms. The van der Waals surface area contributed by atoms with Crippen molar-refractivity contribution in [3.63, 3.8) is 0 Å². The van der Waals surface area contributed by atoms with E-state index in [0.717, 1.165) is 18.4 Å². The highest BCUT2D eigenvalue weighted by molar-refractivity contribution is 5.87. The molecule has 1 aromatic carbocycles. The molecule has 0 aromatic heterocycles. The van der Waals surface area contributed by atoms with Crippen LogP contribution in [0.15, 0.2) is 30.3 Å². The summed E-state index contributed by atoms with van der Waals surface area (Å²) < 4.78 is 0. The van der Waals surface area contributed by atoms with Crippen LogP contribution in [0.2, 0.25) is 0 Å². The molecule has 1 amide bonds. The number of carboxylic acids is 1. The van der Waals surface area contributed by atoms with Gasteiger partial charge in [0.2, 0.25) is 5.91 Å². The number of rotatable bonds is 5. The Morgan fingerprint density at radius 3 is 2.73 bits per heavy atom. The molecule has 118 valence electrons. The third kappa shape index (κ3) is 3.30. The van der Waals surface area contributed by atoms with E-state index in [1.807, 2.05) is 30.3 Å². The Kier molecular flexibility index (Phi) is 4.43. The highest BCUT2D eigenvalue weighted by Crippen LogP contribution is 2.34. The summed E-state index contributed by atoms with van der Waals surface area (Å²) in [7, 11) is 0. The number of hydrogen-bond donors (Lipinski definition) is 3. The molecule has 1 aliphatic heterocycles. The second kappa shape index (κ2) is 6.48. The molecule has 0 bridgehead atoms. The van der Waals surface area contributed by atoms with Crippen LogP contribution >= 0.6 is 0 Å². The lowest BCUT2D eigenvalue weighted by Gasteiger charge is -2.18. The average Bonchev–Trinajstić information content (AvgIpc) is 3.08. The fraction of sp³-hybridized carbons (Fsp3) is 0.529. The van der Waals surface area contributed by atoms with Gasteiger partial charge in [-0.25, -0.2) is 4.79 Å². The van der Waals surface area contributed by atoms with Crippen LogP contribution in [-0.2, 0) is 16.0 Å². The van der Waals surface area contributed by atoms with E-state index in [9.17, 15) is 14.7 Å². The predicted octanol–water partition coefficient (Wildman–Crippen LogP) is 1.33. The molecule has 1 saturated heterocycles. The minimum atomic E-state index is -0.990. The van der Waals surface area contributed by atoms with Gasteiger partial charge in [0.25, 0.3) is 0 Å². The molecule has 1 aromatic rings. The van der Waals surface area contributed by atoms with Crippen molar-refractivity contribution in [1.82, 2.24) is 10.6 Å². The monoisotopic (exact) mass is 302 g/mol. The average molecular weight is 302 g/mol. The van der Waals surface area contributed by atoms with E-state index in [2.05, 4.69) is 10.6 Å². The van der Waals surface area contributed by atoms with Crippen molar-refractivity contribution in [1.29, 1.82) is 0 Å². The number of amides is 1. The van der Waals surface area contributed by atoms with Gasteiger partial charge in [0.15, 0.2) is 0 Å². The molecular weight excluding hydrogens is 280 g/mol. The van der Waals surface area contributed by atoms with Crippen molar-refractivity contribution < 1.29 is 14.7 Å². The van der Waals surface area contributed by atoms with E-state index in [4.69, 9.17) is 0 Å². The molecule has 1 heterocycles. The van der Waals surface area contributed by atoms with Gasteiger partial charge in [0.05, 0.1) is 6.04 Å². The Balaban J connectivity index is 1.59. The van der Waals surface area contributed by atoms with E-state index in [-0.39, 0.29) is 11.9 Å². The molecule has 5 heteroatoms. The highest BCUT2D eigenvalue weighted by atomic mass is 16.4. The number of carboxylic acid groups (broad SMARTS) is 1. The maximum Gasteiger partial charge on any atom is 0.326 e. The normalized spacial score (nSPS) is 28.1. The van der Waals surface area contributed by atoms with Crippen LogP contribution in [-0.4, -0.2) is 35.1 Å². The molecule has 2 fully saturated rings. The fourth-order valence-corrected chi connectivity index (χ4v) is 3.67. The highest BCUT2D eigenvalue weighted by Gasteiger charge is 2.40. The molecule has 1 aliphatic carbocycles. The smallest absolute Gasteiger partial charge is 0.326 e. The Labute approximate surface area is 130 Å². The SMILES string of the molecule is O=C(O)[C@H](Cc1ccccc1)NC(=O)[C@@H]1C[C@@H]2CCC[C@@H]2N1. The van der Waals surface area contributed by atoms with Gasteiger partial charge in [-0.1, -0.05) is 36.8 Å². The van der Waals surface area contributed by atoms with Crippen molar-refractivity contribution in [3.05, 3.63) is 35.9 Å². The first-order valence-corrected chi connectivity index (χ1v) is 7.96. The zero-order chi connectivity index (χ0) is 15.5. The molecule has 1 saturated carbocycles. The summed E-state index contributed by atoms with van der Waals surface area (Å²) in [6.45, 7) is 0. The van der Waals surface area contributed by atoms with E-state index in [1.54, 1.807) is 0 Å². The Bertz CT molecular complexity index is 534. The topological polar surface area (TPSA) is 78.4 Å². The van der Waals surface area contributed by atoms with Crippen LogP contribution in [0.1, 0.15) is 31.2 Å². The first kappa shape index (κ1) is 15.0. The maximum absolute atomic E-state index is 12.3. The van der Waals surface area contributed by atoms with Crippen LogP contribution in [0.5, 0.6) is 0 Å². The minimum Gasteiger partial charge on any atom is -0.480 e. The predicted molar refractivity (Wildman–Crippen MR) is 82.4 cm³/mol. The summed E-state index contributed by atoms with van der Waals surface area (Å²) in [5.74, 6) is -0.596. The standard InChI is InChI=1S/C17H22N2O3/c20-16(14-10-12-7-4-8-13(12)18-14)19-15(17(21)22)9-11-5-2-1-3-6-11/h1-3,5-6,12-15,18H,4,7-10H2,(H,19,20)(H,21,22)/t12-,13-,14-,15-/m0/s1. The number of carbonyl (C=O) groups excluding carboxylic acids is 1. The van der Waals surface area contributed by atoms with Crippen molar-refractivity contribution in [2.75, 3.05) is 0 Å². The first-order chi connectivity index (χ1) is 10.6. The number of hydrogen-bond acceptors (Lipinski definition) is 3. The lowest BCUT2D eigenvalue weighted by molar-refractivity contribution is -0.142. The van der Waals surface area contributed by atoms with E-state index >= 15 is 0 Å². The summed E-state index contributed by atoms with van der Waals surface area (Å²) in [6.07, 6.45) is 4.66. The van der Waals surface area contributed by atoms with Gasteiger partial charge in [0, 0.05) is 12.5 Å². The largest absolute Gasteiger partial charge is 0.480 e. The third-order valence-corrected chi connectivity index (χ3v) is 4.83. The molecule has 3 rings (SSSR count). The number of nitrogens with one attached hydrogen (secondary N) is 2. The zero-order valence-electron chi connectivity index (χ0n) is 12.5. The van der Waals surface area contributed by atoms with Crippen LogP contribution in [0.4, 0.5) is 0 Å². The molecule has 2 aliphatic rings. The molecule has 5 nitrogen and oxygen atoms in total. The van der Waals surface area contributed by atoms with Gasteiger partial charge in [-0.05, 0) is 30.7 Å². The molecule has 4 atom stereocenters. The van der Waals surface area contributed by atoms with Gasteiger partial charge in [0.1, 0.15) is 6.04 Å². The molecule has 3 N–H and O–H groups in total. The van der Waals surface area contributed by atoms with E-state index in [1.165, 1.54) is 12.8 Å². The van der Waals surface area contributed by atoms with Crippen LogP contribution in [0, 0.1) is 5.92 Å². The Hall–Kier alpha value is -1.88. The summed E-state index contributed by atoms with van der Waals surface area (Å²) in [4.78, 5) is 23.8. The van der Waals surface area contributed by atoms with Crippen molar-refractivity contribution in [2.45, 2.75) is 50.2 Å². The lowest BCUT2D eigenvalue weighted by Crippen LogP contribution is -2.50. The quantitative estimate of drug-likeness (QED) is 0.767. The van der Waals surface area contributed by atoms with Gasteiger partial charge < -0.3 is 15.7 Å². The zero-order valence-corrected chi connectivity index (χ0v) is 12.5. The minimum absolute atomic E-state index is 0.183. The second-order valence-corrected chi connectivity index (χ2v) is 6.34. The fourth-order valence-electron chi connectivity index (χ4n) is 3.67. The summed E-state index contributed by atoms with van der Waals surface area (Å²) in [5.41, 5.74) is 0.909. The van der Waals surface area contributed by atoms with Gasteiger partial charge in [-0.15, -0.1) is 0 Å². The molecule has 0 unspecified atom stereocenters. The number of aliphatic carboxylic acids is 1. The van der Waals surface area contributed by atoms with Crippen molar-refractivity contribution in [3.8, 4) is 0 Å². The van der Waals surface area contributed by atoms with Gasteiger partial charge >= 0.3 is 5.97 Å². The summed E-state index contributed by atoms with van der Waals surface area (Å²) >= 11 is 0. The molecule has 0 radical (unpaired) electrons. The number of carbonyl (C=O) groups is 2. The lowest BCUT2D eigenvalue weighted by atomic mass is 10.0. The Morgan fingerprint density at radius 1 is 1.27 bits per heavy atom. The molecular formula is C17H22N2O3. The Morgan fingerprint density at radius 2 is 2.05 bits per heavy atom. The van der Waals surface area contributed by atoms with Crippen LogP contribution in [0.3, 0.4) is 0 Å². The van der Waals surface area contributed by atoms with Crippen LogP contribution in [0.25, 0.3) is 0 Å². The summed E-state index contributed by atoms with van der Waals surface area (Å²) in [6, 6.07) is 8.70. The molecule has 22 heavy (non-hydrogen) atoms. The maximum atomic E-state index is 12.3.